The van der Waals surface area contributed by atoms with Gasteiger partial charge in [-0.25, -0.2) is 0 Å². The molecule has 2 aromatic rings. The SMILES string of the molecule is CN1CCN(CC(O)CN(C)C(=O)c2cc3ccccc3n2C)CC1. The van der Waals surface area contributed by atoms with Crippen molar-refractivity contribution >= 4 is 16.8 Å². The minimum absolute atomic E-state index is 0.0591. The molecule has 0 bridgehead atoms. The van der Waals surface area contributed by atoms with Crippen molar-refractivity contribution in [2.24, 2.45) is 7.05 Å². The van der Waals surface area contributed by atoms with E-state index in [-0.39, 0.29) is 5.91 Å². The number of carbonyl (C=O) groups is 1. The van der Waals surface area contributed by atoms with Crippen LogP contribution in [-0.4, -0.2) is 89.7 Å². The molecule has 0 spiro atoms. The molecule has 0 radical (unpaired) electrons. The van der Waals surface area contributed by atoms with Gasteiger partial charge in [0.05, 0.1) is 6.10 Å². The first-order valence-electron chi connectivity index (χ1n) is 8.84. The van der Waals surface area contributed by atoms with Gasteiger partial charge in [-0.2, -0.15) is 0 Å². The summed E-state index contributed by atoms with van der Waals surface area (Å²) < 4.78 is 1.92. The summed E-state index contributed by atoms with van der Waals surface area (Å²) in [5.41, 5.74) is 1.69. The molecule has 2 heterocycles. The van der Waals surface area contributed by atoms with E-state index in [0.717, 1.165) is 37.1 Å². The minimum Gasteiger partial charge on any atom is -0.390 e. The first kappa shape index (κ1) is 17.9. The third-order valence-corrected chi connectivity index (χ3v) is 5.07. The molecule has 1 atom stereocenters. The Morgan fingerprint density at radius 3 is 2.56 bits per heavy atom. The van der Waals surface area contributed by atoms with E-state index in [1.807, 2.05) is 41.9 Å². The van der Waals surface area contributed by atoms with E-state index < -0.39 is 6.10 Å². The molecule has 1 N–H and O–H groups in total. The topological polar surface area (TPSA) is 52.0 Å². The highest BCUT2D eigenvalue weighted by Gasteiger charge is 2.22. The van der Waals surface area contributed by atoms with Gasteiger partial charge in [0.15, 0.2) is 0 Å². The third kappa shape index (κ3) is 4.03. The fraction of sp³-hybridized carbons (Fsp3) is 0.526. The lowest BCUT2D eigenvalue weighted by Crippen LogP contribution is -2.49. The Morgan fingerprint density at radius 1 is 1.20 bits per heavy atom. The van der Waals surface area contributed by atoms with Gasteiger partial charge in [0.25, 0.3) is 5.91 Å². The van der Waals surface area contributed by atoms with Crippen LogP contribution in [0.2, 0.25) is 0 Å². The Kier molecular flexibility index (Phi) is 5.42. The van der Waals surface area contributed by atoms with Crippen LogP contribution in [0.3, 0.4) is 0 Å². The molecular formula is C19H28N4O2. The molecule has 1 aliphatic heterocycles. The maximum Gasteiger partial charge on any atom is 0.270 e. The van der Waals surface area contributed by atoms with E-state index >= 15 is 0 Å². The van der Waals surface area contributed by atoms with Gasteiger partial charge in [0, 0.05) is 64.3 Å². The molecule has 3 rings (SSSR count). The predicted octanol–water partition coefficient (Wildman–Crippen LogP) is 0.859. The van der Waals surface area contributed by atoms with E-state index in [1.54, 1.807) is 11.9 Å². The molecule has 1 saturated heterocycles. The summed E-state index contributed by atoms with van der Waals surface area (Å²) in [6.45, 7) is 4.94. The van der Waals surface area contributed by atoms with Crippen LogP contribution >= 0.6 is 0 Å². The van der Waals surface area contributed by atoms with Gasteiger partial charge in [-0.05, 0) is 19.2 Å². The summed E-state index contributed by atoms with van der Waals surface area (Å²) >= 11 is 0. The second kappa shape index (κ2) is 7.56. The van der Waals surface area contributed by atoms with E-state index in [9.17, 15) is 9.90 Å². The number of piperazine rings is 1. The molecule has 25 heavy (non-hydrogen) atoms. The van der Waals surface area contributed by atoms with Crippen molar-refractivity contribution in [1.29, 1.82) is 0 Å². The van der Waals surface area contributed by atoms with E-state index in [0.29, 0.717) is 18.8 Å². The lowest BCUT2D eigenvalue weighted by atomic mass is 10.2. The third-order valence-electron chi connectivity index (χ3n) is 5.07. The molecule has 1 aromatic heterocycles. The number of benzene rings is 1. The Balaban J connectivity index is 1.60. The number of β-amino-alcohol motifs (C(OH)–C–C–N with tert-alkyl or cyclic N) is 1. The molecule has 136 valence electrons. The number of aryl methyl sites for hydroxylation is 1. The summed E-state index contributed by atoms with van der Waals surface area (Å²) in [4.78, 5) is 19.0. The molecule has 6 heteroatoms. The highest BCUT2D eigenvalue weighted by molar-refractivity contribution is 5.98. The molecule has 0 aliphatic carbocycles. The molecule has 0 saturated carbocycles. The average Bonchev–Trinajstić information content (AvgIpc) is 2.93. The molecule has 1 unspecified atom stereocenters. The zero-order valence-corrected chi connectivity index (χ0v) is 15.4. The first-order chi connectivity index (χ1) is 12.0. The minimum atomic E-state index is -0.535. The highest BCUT2D eigenvalue weighted by Crippen LogP contribution is 2.19. The lowest BCUT2D eigenvalue weighted by molar-refractivity contribution is 0.0497. The van der Waals surface area contributed by atoms with E-state index in [2.05, 4.69) is 16.8 Å². The van der Waals surface area contributed by atoms with Crippen molar-refractivity contribution in [3.8, 4) is 0 Å². The van der Waals surface area contributed by atoms with Gasteiger partial charge in [-0.15, -0.1) is 0 Å². The zero-order chi connectivity index (χ0) is 18.0. The lowest BCUT2D eigenvalue weighted by Gasteiger charge is -2.34. The number of carbonyl (C=O) groups excluding carboxylic acids is 1. The fourth-order valence-electron chi connectivity index (χ4n) is 3.47. The summed E-state index contributed by atoms with van der Waals surface area (Å²) in [5, 5.41) is 11.4. The second-order valence-electron chi connectivity index (χ2n) is 7.09. The summed E-state index contributed by atoms with van der Waals surface area (Å²) in [6.07, 6.45) is -0.535. The Morgan fingerprint density at radius 2 is 1.88 bits per heavy atom. The van der Waals surface area contributed by atoms with Crippen LogP contribution in [-0.2, 0) is 7.05 Å². The largest absolute Gasteiger partial charge is 0.390 e. The van der Waals surface area contributed by atoms with Gasteiger partial charge in [0.2, 0.25) is 0 Å². The molecule has 1 amide bonds. The number of aliphatic hydroxyl groups is 1. The highest BCUT2D eigenvalue weighted by atomic mass is 16.3. The summed E-state index contributed by atoms with van der Waals surface area (Å²) in [5.74, 6) is -0.0591. The quantitative estimate of drug-likeness (QED) is 0.874. The Labute approximate surface area is 149 Å². The van der Waals surface area contributed by atoms with Crippen molar-refractivity contribution in [3.05, 3.63) is 36.0 Å². The van der Waals surface area contributed by atoms with Gasteiger partial charge in [-0.1, -0.05) is 18.2 Å². The number of rotatable bonds is 5. The number of nitrogens with zero attached hydrogens (tertiary/aromatic N) is 4. The zero-order valence-electron chi connectivity index (χ0n) is 15.4. The monoisotopic (exact) mass is 344 g/mol. The van der Waals surface area contributed by atoms with Gasteiger partial charge in [0.1, 0.15) is 5.69 Å². The number of para-hydroxylation sites is 1. The predicted molar refractivity (Wildman–Crippen MR) is 99.8 cm³/mol. The number of hydrogen-bond acceptors (Lipinski definition) is 4. The normalized spacial score (nSPS) is 17.8. The van der Waals surface area contributed by atoms with Crippen LogP contribution < -0.4 is 0 Å². The van der Waals surface area contributed by atoms with Gasteiger partial charge >= 0.3 is 0 Å². The van der Waals surface area contributed by atoms with Crippen LogP contribution in [0.15, 0.2) is 30.3 Å². The van der Waals surface area contributed by atoms with Crippen LogP contribution in [0.5, 0.6) is 0 Å². The molecule has 1 fully saturated rings. The number of hydrogen-bond donors (Lipinski definition) is 1. The van der Waals surface area contributed by atoms with E-state index in [4.69, 9.17) is 0 Å². The van der Waals surface area contributed by atoms with Gasteiger partial charge < -0.3 is 19.5 Å². The summed E-state index contributed by atoms with van der Waals surface area (Å²) in [6, 6.07) is 9.88. The van der Waals surface area contributed by atoms with Crippen molar-refractivity contribution in [3.63, 3.8) is 0 Å². The van der Waals surface area contributed by atoms with E-state index in [1.165, 1.54) is 0 Å². The maximum absolute atomic E-state index is 12.8. The number of fused-ring (bicyclic) bond motifs is 1. The van der Waals surface area contributed by atoms with Crippen LogP contribution in [0, 0.1) is 0 Å². The molecule has 1 aromatic carbocycles. The number of aliphatic hydroxyl groups excluding tert-OH is 1. The number of amides is 1. The molecule has 6 nitrogen and oxygen atoms in total. The van der Waals surface area contributed by atoms with Crippen LogP contribution in [0.25, 0.3) is 10.9 Å². The molecular weight excluding hydrogens is 316 g/mol. The Bertz CT molecular complexity index is 734. The number of aromatic nitrogens is 1. The second-order valence-corrected chi connectivity index (χ2v) is 7.09. The van der Waals surface area contributed by atoms with Crippen LogP contribution in [0.1, 0.15) is 10.5 Å². The summed E-state index contributed by atoms with van der Waals surface area (Å²) in [7, 11) is 5.78. The van der Waals surface area contributed by atoms with Crippen molar-refractivity contribution in [2.75, 3.05) is 53.4 Å². The van der Waals surface area contributed by atoms with Gasteiger partial charge in [-0.3, -0.25) is 9.69 Å². The van der Waals surface area contributed by atoms with Crippen molar-refractivity contribution in [2.45, 2.75) is 6.10 Å². The fourth-order valence-corrected chi connectivity index (χ4v) is 3.47. The smallest absolute Gasteiger partial charge is 0.270 e. The van der Waals surface area contributed by atoms with Crippen molar-refractivity contribution < 1.29 is 9.90 Å². The number of likely N-dealkylation sites (N-methyl/N-ethyl adjacent to an activating group) is 2. The molecule has 1 aliphatic rings. The standard InChI is InChI=1S/C19H28N4O2/c1-20-8-10-23(11-9-20)14-16(24)13-21(2)19(25)18-12-15-6-4-5-7-17(15)22(18)3/h4-7,12,16,24H,8-11,13-14H2,1-3H3. The van der Waals surface area contributed by atoms with Crippen LogP contribution in [0.4, 0.5) is 0 Å². The maximum atomic E-state index is 12.8. The Hall–Kier alpha value is -1.89. The first-order valence-corrected chi connectivity index (χ1v) is 8.84. The van der Waals surface area contributed by atoms with Crippen molar-refractivity contribution in [1.82, 2.24) is 19.3 Å². The average molecular weight is 344 g/mol.